The average Bonchev–Trinajstić information content (AvgIpc) is 2.50. The van der Waals surface area contributed by atoms with Crippen LogP contribution in [0.3, 0.4) is 0 Å². The maximum atomic E-state index is 11.9. The molecule has 0 N–H and O–H groups in total. The molecule has 0 aromatic heterocycles. The van der Waals surface area contributed by atoms with Gasteiger partial charge in [0.05, 0.1) is 21.2 Å². The van der Waals surface area contributed by atoms with Gasteiger partial charge in [-0.1, -0.05) is 11.6 Å². The molecule has 96 valence electrons. The van der Waals surface area contributed by atoms with Gasteiger partial charge in [-0.3, -0.25) is 4.79 Å². The van der Waals surface area contributed by atoms with Crippen LogP contribution in [0.25, 0.3) is 4.95 Å². The van der Waals surface area contributed by atoms with Gasteiger partial charge in [0.1, 0.15) is 0 Å². The molecule has 0 spiro atoms. The average molecular weight is 377 g/mol. The highest BCUT2D eigenvalue weighted by Crippen LogP contribution is 2.47. The van der Waals surface area contributed by atoms with Crippen molar-refractivity contribution in [1.82, 2.24) is 17.8 Å². The van der Waals surface area contributed by atoms with Crippen molar-refractivity contribution in [2.75, 3.05) is 0 Å². The van der Waals surface area contributed by atoms with Crippen molar-refractivity contribution in [3.63, 3.8) is 0 Å². The lowest BCUT2D eigenvalue weighted by molar-refractivity contribution is -0.134. The van der Waals surface area contributed by atoms with Gasteiger partial charge >= 0.3 is 18.0 Å². The highest BCUT2D eigenvalue weighted by molar-refractivity contribution is 9.07. The Morgan fingerprint density at radius 2 is 1.83 bits per heavy atom. The zero-order chi connectivity index (χ0) is 13.8. The summed E-state index contributed by atoms with van der Waals surface area (Å²) < 4.78 is 1.44. The SMILES string of the molecule is [C-]#[N+]N1C(=O)C2N(Cl)C(=O)N(Cl)C2(Cl)N(Br)C1=O. The number of nitrogens with zero attached hydrogens (tertiary/aromatic N) is 5. The molecule has 0 saturated carbocycles. The van der Waals surface area contributed by atoms with Gasteiger partial charge in [0, 0.05) is 23.6 Å². The van der Waals surface area contributed by atoms with Crippen molar-refractivity contribution in [3.8, 4) is 0 Å². The summed E-state index contributed by atoms with van der Waals surface area (Å²) in [5.41, 5.74) is 0. The van der Waals surface area contributed by atoms with Crippen LogP contribution in [0.15, 0.2) is 0 Å². The van der Waals surface area contributed by atoms with Gasteiger partial charge in [-0.05, 0) is 0 Å². The molecule has 18 heavy (non-hydrogen) atoms. The molecule has 2 aliphatic heterocycles. The number of rotatable bonds is 0. The van der Waals surface area contributed by atoms with Crippen LogP contribution in [0, 0.1) is 6.57 Å². The Hall–Kier alpha value is -0.950. The highest BCUT2D eigenvalue weighted by Gasteiger charge is 2.71. The van der Waals surface area contributed by atoms with E-state index in [1.807, 2.05) is 0 Å². The summed E-state index contributed by atoms with van der Waals surface area (Å²) in [6.07, 6.45) is 0. The first-order valence-corrected chi connectivity index (χ1v) is 5.90. The van der Waals surface area contributed by atoms with E-state index < -0.39 is 29.1 Å². The fraction of sp³-hybridized carbons (Fsp3) is 0.333. The quantitative estimate of drug-likeness (QED) is 0.279. The Kier molecular flexibility index (Phi) is 3.02. The monoisotopic (exact) mass is 375 g/mol. The van der Waals surface area contributed by atoms with Crippen LogP contribution in [-0.2, 0) is 4.79 Å². The zero-order valence-electron chi connectivity index (χ0n) is 8.05. The number of urea groups is 2. The topological polar surface area (TPSA) is 68.5 Å². The predicted octanol–water partition coefficient (Wildman–Crippen LogP) is 1.70. The van der Waals surface area contributed by atoms with E-state index in [1.54, 1.807) is 0 Å². The van der Waals surface area contributed by atoms with E-state index in [2.05, 4.69) is 21.1 Å². The standard InChI is InChI=1S/C6HBrCl3N5O3/c1-11-13-3(16)2-6(8,14(7)5(13)18)15(10)4(17)12(2)9/h2H. The third-order valence-electron chi connectivity index (χ3n) is 2.37. The molecule has 2 rings (SSSR count). The number of hydrogen-bond donors (Lipinski definition) is 0. The number of imide groups is 1. The molecule has 12 heteroatoms. The van der Waals surface area contributed by atoms with Crippen molar-refractivity contribution in [1.29, 1.82) is 0 Å². The Morgan fingerprint density at radius 3 is 2.33 bits per heavy atom. The van der Waals surface area contributed by atoms with Gasteiger partial charge in [0.2, 0.25) is 0 Å². The maximum Gasteiger partial charge on any atom is 0.408 e. The first-order valence-electron chi connectivity index (χ1n) is 4.13. The molecular formula is C6HBrCl3N5O3. The molecule has 2 heterocycles. The number of hydrogen-bond acceptors (Lipinski definition) is 3. The van der Waals surface area contributed by atoms with E-state index in [0.717, 1.165) is 0 Å². The minimum atomic E-state index is -2.05. The summed E-state index contributed by atoms with van der Waals surface area (Å²) >= 11 is 20.1. The molecule has 5 amide bonds. The maximum absolute atomic E-state index is 11.9. The number of amides is 5. The molecule has 0 radical (unpaired) electrons. The summed E-state index contributed by atoms with van der Waals surface area (Å²) in [6, 6.07) is -3.58. The molecular weight excluding hydrogens is 376 g/mol. The first kappa shape index (κ1) is 13.5. The second kappa shape index (κ2) is 4.03. The summed E-state index contributed by atoms with van der Waals surface area (Å²) in [5.74, 6) is -1.05. The van der Waals surface area contributed by atoms with Crippen molar-refractivity contribution in [3.05, 3.63) is 11.5 Å². The van der Waals surface area contributed by atoms with Crippen LogP contribution in [0.2, 0.25) is 0 Å². The van der Waals surface area contributed by atoms with Crippen LogP contribution >= 0.6 is 51.3 Å². The van der Waals surface area contributed by atoms with Crippen molar-refractivity contribution in [2.24, 2.45) is 0 Å². The van der Waals surface area contributed by atoms with Crippen LogP contribution in [-0.4, -0.2) is 46.9 Å². The second-order valence-electron chi connectivity index (χ2n) is 3.23. The van der Waals surface area contributed by atoms with Gasteiger partial charge in [0.25, 0.3) is 5.12 Å². The summed E-state index contributed by atoms with van der Waals surface area (Å²) in [6.45, 7) is 6.75. The minimum absolute atomic E-state index is 0.193. The lowest BCUT2D eigenvalue weighted by atomic mass is 10.2. The van der Waals surface area contributed by atoms with E-state index in [1.165, 1.54) is 0 Å². The smallest absolute Gasteiger partial charge is 0.264 e. The zero-order valence-corrected chi connectivity index (χ0v) is 11.9. The Morgan fingerprint density at radius 1 is 1.28 bits per heavy atom. The molecule has 0 bridgehead atoms. The Balaban J connectivity index is 2.60. The minimum Gasteiger partial charge on any atom is -0.264 e. The van der Waals surface area contributed by atoms with E-state index in [0.29, 0.717) is 12.8 Å². The molecule has 2 unspecified atom stereocenters. The number of carbonyl (C=O) groups is 3. The van der Waals surface area contributed by atoms with Crippen molar-refractivity contribution >= 4 is 69.3 Å². The normalized spacial score (nSPS) is 31.9. The Labute approximate surface area is 124 Å². The van der Waals surface area contributed by atoms with Gasteiger partial charge < -0.3 is 0 Å². The van der Waals surface area contributed by atoms with Crippen LogP contribution < -0.4 is 0 Å². The van der Waals surface area contributed by atoms with Gasteiger partial charge in [-0.25, -0.2) is 17.9 Å². The predicted molar refractivity (Wildman–Crippen MR) is 62.8 cm³/mol. The van der Waals surface area contributed by atoms with Crippen LogP contribution in [0.1, 0.15) is 0 Å². The van der Waals surface area contributed by atoms with E-state index in [4.69, 9.17) is 41.7 Å². The van der Waals surface area contributed by atoms with E-state index in [-0.39, 0.29) is 5.01 Å². The highest BCUT2D eigenvalue weighted by atomic mass is 79.9. The molecule has 0 aromatic carbocycles. The summed E-state index contributed by atoms with van der Waals surface area (Å²) in [5, 5.41) is -1.85. The fourth-order valence-corrected chi connectivity index (χ4v) is 3.10. The molecule has 0 aromatic rings. The number of fused-ring (bicyclic) bond motifs is 1. The first-order chi connectivity index (χ1) is 8.28. The number of alkyl halides is 1. The number of halogens is 4. The fourth-order valence-electron chi connectivity index (χ4n) is 1.54. The lowest BCUT2D eigenvalue weighted by Crippen LogP contribution is -2.67. The van der Waals surface area contributed by atoms with Gasteiger partial charge in [-0.15, -0.1) is 4.95 Å². The Bertz CT molecular complexity index is 511. The third kappa shape index (κ3) is 1.34. The second-order valence-corrected chi connectivity index (χ2v) is 5.19. The lowest BCUT2D eigenvalue weighted by Gasteiger charge is -2.39. The van der Waals surface area contributed by atoms with Gasteiger partial charge in [-0.2, -0.15) is 11.0 Å². The van der Waals surface area contributed by atoms with Crippen molar-refractivity contribution in [2.45, 2.75) is 11.2 Å². The van der Waals surface area contributed by atoms with Crippen LogP contribution in [0.4, 0.5) is 9.59 Å². The molecule has 2 aliphatic rings. The van der Waals surface area contributed by atoms with E-state index >= 15 is 0 Å². The molecule has 2 atom stereocenters. The van der Waals surface area contributed by atoms with Crippen molar-refractivity contribution < 1.29 is 14.4 Å². The van der Waals surface area contributed by atoms with Gasteiger partial charge in [0.15, 0.2) is 6.04 Å². The molecule has 0 aliphatic carbocycles. The summed E-state index contributed by atoms with van der Waals surface area (Å²) in [7, 11) is 0. The molecule has 2 saturated heterocycles. The van der Waals surface area contributed by atoms with E-state index in [9.17, 15) is 14.4 Å². The largest absolute Gasteiger partial charge is 0.408 e. The molecule has 8 nitrogen and oxygen atoms in total. The third-order valence-corrected chi connectivity index (χ3v) is 4.79. The molecule has 2 fully saturated rings. The number of carbonyl (C=O) groups excluding carboxylic acids is 3. The summed E-state index contributed by atoms with van der Waals surface area (Å²) in [4.78, 5) is 37.9. The van der Waals surface area contributed by atoms with Crippen LogP contribution in [0.5, 0.6) is 0 Å².